The minimum atomic E-state index is -0.699. The Balaban J connectivity index is 1.75. The molecular weight excluding hydrogens is 371 g/mol. The fourth-order valence-electron chi connectivity index (χ4n) is 1.84. The minimum absolute atomic E-state index is 0.282. The summed E-state index contributed by atoms with van der Waals surface area (Å²) in [6, 6.07) is 10.1. The third kappa shape index (κ3) is 6.24. The molecule has 0 aliphatic carbocycles. The van der Waals surface area contributed by atoms with Gasteiger partial charge >= 0.3 is 5.69 Å². The maximum atomic E-state index is 13.2. The fraction of sp³-hybridized carbons (Fsp3) is 0.188. The molecule has 0 aromatic heterocycles. The number of nitrogens with zero attached hydrogens (tertiary/aromatic N) is 1. The molecular formula is C16H14ClFN2O4S. The van der Waals surface area contributed by atoms with Gasteiger partial charge in [-0.25, -0.2) is 4.39 Å². The largest absolute Gasteiger partial charge is 0.477 e. The monoisotopic (exact) mass is 384 g/mol. The second-order valence-corrected chi connectivity index (χ2v) is 6.41. The van der Waals surface area contributed by atoms with Crippen LogP contribution in [0.4, 0.5) is 10.1 Å². The lowest BCUT2D eigenvalue weighted by Crippen LogP contribution is -2.30. The number of carbonyl (C=O) groups is 1. The number of nitro groups is 1. The van der Waals surface area contributed by atoms with Crippen molar-refractivity contribution in [3.63, 3.8) is 0 Å². The highest BCUT2D eigenvalue weighted by molar-refractivity contribution is 7.99. The van der Waals surface area contributed by atoms with E-state index < -0.39 is 28.9 Å². The van der Waals surface area contributed by atoms with Crippen molar-refractivity contribution in [2.45, 2.75) is 4.90 Å². The van der Waals surface area contributed by atoms with Gasteiger partial charge in [-0.1, -0.05) is 11.6 Å². The normalized spacial score (nSPS) is 10.3. The number of thioether (sulfide) groups is 1. The predicted octanol–water partition coefficient (Wildman–Crippen LogP) is 3.67. The van der Waals surface area contributed by atoms with Crippen molar-refractivity contribution in [1.82, 2.24) is 5.32 Å². The van der Waals surface area contributed by atoms with Gasteiger partial charge in [0.1, 0.15) is 5.82 Å². The van der Waals surface area contributed by atoms with Crippen molar-refractivity contribution in [2.75, 3.05) is 18.9 Å². The van der Waals surface area contributed by atoms with Crippen molar-refractivity contribution in [1.29, 1.82) is 0 Å². The van der Waals surface area contributed by atoms with E-state index in [1.165, 1.54) is 0 Å². The van der Waals surface area contributed by atoms with Crippen molar-refractivity contribution in [2.24, 2.45) is 0 Å². The summed E-state index contributed by atoms with van der Waals surface area (Å²) in [4.78, 5) is 22.9. The molecule has 1 N–H and O–H groups in total. The van der Waals surface area contributed by atoms with Gasteiger partial charge in [0.15, 0.2) is 6.61 Å². The summed E-state index contributed by atoms with van der Waals surface area (Å²) in [5.74, 6) is -0.778. The standard InChI is InChI=1S/C16H14ClFN2O4S/c17-11-1-4-13(5-2-11)25-8-7-19-16(21)10-24-15-9-12(18)3-6-14(15)20(22)23/h1-6,9H,7-8,10H2,(H,19,21). The van der Waals surface area contributed by atoms with E-state index in [1.54, 1.807) is 23.9 Å². The highest BCUT2D eigenvalue weighted by atomic mass is 35.5. The average molecular weight is 385 g/mol. The number of hydrogen-bond donors (Lipinski definition) is 1. The molecule has 0 radical (unpaired) electrons. The zero-order valence-corrected chi connectivity index (χ0v) is 14.5. The quantitative estimate of drug-likeness (QED) is 0.325. The van der Waals surface area contributed by atoms with Gasteiger partial charge in [-0.15, -0.1) is 11.8 Å². The van der Waals surface area contributed by atoms with Crippen LogP contribution in [-0.4, -0.2) is 29.7 Å². The molecule has 0 spiro atoms. The van der Waals surface area contributed by atoms with Crippen LogP contribution in [0.2, 0.25) is 5.02 Å². The molecule has 0 unspecified atom stereocenters. The Hall–Kier alpha value is -2.32. The molecule has 2 aromatic carbocycles. The second-order valence-electron chi connectivity index (χ2n) is 4.81. The van der Waals surface area contributed by atoms with E-state index in [1.807, 2.05) is 12.1 Å². The lowest BCUT2D eigenvalue weighted by Gasteiger charge is -2.08. The van der Waals surface area contributed by atoms with E-state index in [9.17, 15) is 19.3 Å². The molecule has 0 atom stereocenters. The van der Waals surface area contributed by atoms with E-state index in [2.05, 4.69) is 5.32 Å². The van der Waals surface area contributed by atoms with E-state index in [-0.39, 0.29) is 5.75 Å². The maximum absolute atomic E-state index is 13.2. The molecule has 0 saturated carbocycles. The van der Waals surface area contributed by atoms with E-state index in [4.69, 9.17) is 16.3 Å². The number of ether oxygens (including phenoxy) is 1. The Bertz CT molecular complexity index is 758. The van der Waals surface area contributed by atoms with Crippen molar-refractivity contribution in [3.8, 4) is 5.75 Å². The summed E-state index contributed by atoms with van der Waals surface area (Å²) >= 11 is 7.34. The zero-order chi connectivity index (χ0) is 18.2. The molecule has 132 valence electrons. The lowest BCUT2D eigenvalue weighted by molar-refractivity contribution is -0.385. The van der Waals surface area contributed by atoms with Crippen molar-refractivity contribution in [3.05, 3.63) is 63.4 Å². The Morgan fingerprint density at radius 3 is 2.68 bits per heavy atom. The molecule has 9 heteroatoms. The highest BCUT2D eigenvalue weighted by Gasteiger charge is 2.16. The van der Waals surface area contributed by atoms with Crippen LogP contribution < -0.4 is 10.1 Å². The summed E-state index contributed by atoms with van der Waals surface area (Å²) < 4.78 is 18.2. The van der Waals surface area contributed by atoms with Crippen molar-refractivity contribution >= 4 is 35.0 Å². The lowest BCUT2D eigenvalue weighted by atomic mass is 10.3. The molecule has 0 fully saturated rings. The molecule has 2 aromatic rings. The maximum Gasteiger partial charge on any atom is 0.311 e. The van der Waals surface area contributed by atoms with Gasteiger partial charge in [0.2, 0.25) is 5.75 Å². The smallest absolute Gasteiger partial charge is 0.311 e. The van der Waals surface area contributed by atoms with Gasteiger partial charge in [0.25, 0.3) is 5.91 Å². The van der Waals surface area contributed by atoms with Gasteiger partial charge in [0, 0.05) is 34.3 Å². The number of amides is 1. The fourth-order valence-corrected chi connectivity index (χ4v) is 2.73. The first-order valence-electron chi connectivity index (χ1n) is 7.17. The minimum Gasteiger partial charge on any atom is -0.477 e. The first kappa shape index (κ1) is 19.0. The molecule has 25 heavy (non-hydrogen) atoms. The van der Waals surface area contributed by atoms with E-state index in [0.717, 1.165) is 23.1 Å². The third-order valence-corrected chi connectivity index (χ3v) is 4.25. The number of benzene rings is 2. The predicted molar refractivity (Wildman–Crippen MR) is 93.7 cm³/mol. The van der Waals surface area contributed by atoms with Crippen LogP contribution in [-0.2, 0) is 4.79 Å². The first-order valence-corrected chi connectivity index (χ1v) is 8.54. The summed E-state index contributed by atoms with van der Waals surface area (Å²) in [6.07, 6.45) is 0. The number of nitrogens with one attached hydrogen (secondary N) is 1. The Labute approximate surface area is 152 Å². The van der Waals surface area contributed by atoms with Crippen LogP contribution in [0.1, 0.15) is 0 Å². The van der Waals surface area contributed by atoms with Gasteiger partial charge in [-0.3, -0.25) is 14.9 Å². The first-order chi connectivity index (χ1) is 12.0. The van der Waals surface area contributed by atoms with Crippen LogP contribution in [0.25, 0.3) is 0 Å². The summed E-state index contributed by atoms with van der Waals surface area (Å²) in [5, 5.41) is 14.1. The van der Waals surface area contributed by atoms with Crippen LogP contribution in [0.3, 0.4) is 0 Å². The topological polar surface area (TPSA) is 81.5 Å². The third-order valence-electron chi connectivity index (χ3n) is 2.98. The van der Waals surface area contributed by atoms with E-state index >= 15 is 0 Å². The van der Waals surface area contributed by atoms with Crippen LogP contribution in [0.15, 0.2) is 47.4 Å². The summed E-state index contributed by atoms with van der Waals surface area (Å²) in [7, 11) is 0. The molecule has 2 rings (SSSR count). The SMILES string of the molecule is O=C(COc1cc(F)ccc1[N+](=O)[O-])NCCSc1ccc(Cl)cc1. The average Bonchev–Trinajstić information content (AvgIpc) is 2.58. The second kappa shape index (κ2) is 9.24. The summed E-state index contributed by atoms with van der Waals surface area (Å²) in [6.45, 7) is -0.0450. The molecule has 0 aliphatic rings. The Morgan fingerprint density at radius 1 is 1.28 bits per heavy atom. The highest BCUT2D eigenvalue weighted by Crippen LogP contribution is 2.27. The number of carbonyl (C=O) groups excluding carboxylic acids is 1. The molecule has 0 bridgehead atoms. The Kier molecular flexibility index (Phi) is 7.03. The van der Waals surface area contributed by atoms with Gasteiger partial charge in [0.05, 0.1) is 4.92 Å². The zero-order valence-electron chi connectivity index (χ0n) is 12.9. The van der Waals surface area contributed by atoms with Crippen LogP contribution >= 0.6 is 23.4 Å². The van der Waals surface area contributed by atoms with Gasteiger partial charge in [-0.05, 0) is 30.3 Å². The number of halogens is 2. The summed E-state index contributed by atoms with van der Waals surface area (Å²) in [5.41, 5.74) is -0.396. The Morgan fingerprint density at radius 2 is 2.00 bits per heavy atom. The van der Waals surface area contributed by atoms with Gasteiger partial charge < -0.3 is 10.1 Å². The van der Waals surface area contributed by atoms with E-state index in [0.29, 0.717) is 17.3 Å². The molecule has 6 nitrogen and oxygen atoms in total. The molecule has 0 saturated heterocycles. The molecule has 1 amide bonds. The van der Waals surface area contributed by atoms with Gasteiger partial charge in [-0.2, -0.15) is 0 Å². The van der Waals surface area contributed by atoms with Crippen LogP contribution in [0.5, 0.6) is 5.75 Å². The number of rotatable bonds is 8. The number of hydrogen-bond acceptors (Lipinski definition) is 5. The number of nitro benzene ring substituents is 1. The molecule has 0 heterocycles. The molecule has 0 aliphatic heterocycles. The van der Waals surface area contributed by atoms with Crippen molar-refractivity contribution < 1.29 is 18.8 Å². The van der Waals surface area contributed by atoms with Crippen LogP contribution in [0, 0.1) is 15.9 Å².